The fourth-order valence-electron chi connectivity index (χ4n) is 2.20. The predicted molar refractivity (Wildman–Crippen MR) is 99.6 cm³/mol. The minimum atomic E-state index is -0.834. The van der Waals surface area contributed by atoms with Crippen molar-refractivity contribution in [2.75, 3.05) is 17.7 Å². The summed E-state index contributed by atoms with van der Waals surface area (Å²) in [6.45, 7) is 4.09. The van der Waals surface area contributed by atoms with Gasteiger partial charge in [0.15, 0.2) is 0 Å². The summed E-state index contributed by atoms with van der Waals surface area (Å²) in [5, 5.41) is 15.3. The van der Waals surface area contributed by atoms with E-state index in [2.05, 4.69) is 10.5 Å². The van der Waals surface area contributed by atoms with Gasteiger partial charge in [0.2, 0.25) is 5.91 Å². The van der Waals surface area contributed by atoms with Crippen molar-refractivity contribution in [1.82, 2.24) is 5.16 Å². The first-order valence-electron chi connectivity index (χ1n) is 8.19. The van der Waals surface area contributed by atoms with Crippen molar-refractivity contribution < 1.29 is 24.0 Å². The summed E-state index contributed by atoms with van der Waals surface area (Å²) in [5.74, 6) is 1.51. The quantitative estimate of drug-likeness (QED) is 0.611. The third-order valence-corrected chi connectivity index (χ3v) is 4.56. The minimum absolute atomic E-state index is 0.0831. The number of amides is 1. The lowest BCUT2D eigenvalue weighted by molar-refractivity contribution is -0.137. The van der Waals surface area contributed by atoms with Gasteiger partial charge < -0.3 is 19.7 Å². The van der Waals surface area contributed by atoms with Crippen molar-refractivity contribution in [2.45, 2.75) is 32.4 Å². The topological polar surface area (TPSA) is 102 Å². The standard InChI is InChI=1S/C18H22N2O5S/c1-12-16(13(2)25-20-12)10-26-11-17(21)19-14-5-7-15(8-6-14)24-9-3-4-18(22)23/h5-8H,3-4,9-11H2,1-2H3,(H,19,21)(H,22,23). The number of nitrogens with one attached hydrogen (secondary N) is 1. The van der Waals surface area contributed by atoms with Gasteiger partial charge in [-0.1, -0.05) is 5.16 Å². The molecule has 0 aliphatic carbocycles. The van der Waals surface area contributed by atoms with Gasteiger partial charge in [-0.2, -0.15) is 0 Å². The van der Waals surface area contributed by atoms with Gasteiger partial charge in [0, 0.05) is 23.4 Å². The van der Waals surface area contributed by atoms with E-state index in [-0.39, 0.29) is 12.3 Å². The highest BCUT2D eigenvalue weighted by molar-refractivity contribution is 7.99. The molecule has 0 bridgehead atoms. The highest BCUT2D eigenvalue weighted by atomic mass is 32.2. The van der Waals surface area contributed by atoms with E-state index < -0.39 is 5.97 Å². The maximum atomic E-state index is 12.0. The number of anilines is 1. The lowest BCUT2D eigenvalue weighted by atomic mass is 10.2. The number of carbonyl (C=O) groups excluding carboxylic acids is 1. The van der Waals surface area contributed by atoms with Crippen molar-refractivity contribution in [3.05, 3.63) is 41.3 Å². The number of aliphatic carboxylic acids is 1. The summed E-state index contributed by atoms with van der Waals surface area (Å²) in [6.07, 6.45) is 0.538. The highest BCUT2D eigenvalue weighted by Gasteiger charge is 2.10. The fraction of sp³-hybridized carbons (Fsp3) is 0.389. The Morgan fingerprint density at radius 2 is 2.00 bits per heavy atom. The molecule has 26 heavy (non-hydrogen) atoms. The molecule has 2 aromatic rings. The zero-order chi connectivity index (χ0) is 18.9. The normalized spacial score (nSPS) is 10.5. The lowest BCUT2D eigenvalue weighted by Gasteiger charge is -2.08. The van der Waals surface area contributed by atoms with Gasteiger partial charge in [0.25, 0.3) is 0 Å². The van der Waals surface area contributed by atoms with Crippen molar-refractivity contribution in [3.8, 4) is 5.75 Å². The molecule has 140 valence electrons. The van der Waals surface area contributed by atoms with Crippen molar-refractivity contribution in [2.24, 2.45) is 0 Å². The Hall–Kier alpha value is -2.48. The van der Waals surface area contributed by atoms with Crippen molar-refractivity contribution in [1.29, 1.82) is 0 Å². The molecule has 1 aromatic carbocycles. The molecule has 1 amide bonds. The summed E-state index contributed by atoms with van der Waals surface area (Å²) in [5.41, 5.74) is 2.58. The third kappa shape index (κ3) is 6.44. The molecule has 1 aromatic heterocycles. The molecule has 0 aliphatic rings. The minimum Gasteiger partial charge on any atom is -0.494 e. The molecule has 1 heterocycles. The Balaban J connectivity index is 1.70. The molecule has 0 spiro atoms. The molecular weight excluding hydrogens is 356 g/mol. The molecule has 0 saturated carbocycles. The van der Waals surface area contributed by atoms with Crippen molar-refractivity contribution >= 4 is 29.3 Å². The van der Waals surface area contributed by atoms with Crippen LogP contribution in [-0.4, -0.2) is 34.5 Å². The first-order valence-corrected chi connectivity index (χ1v) is 9.35. The first-order chi connectivity index (χ1) is 12.5. The molecule has 0 radical (unpaired) electrons. The predicted octanol–water partition coefficient (Wildman–Crippen LogP) is 3.41. The zero-order valence-corrected chi connectivity index (χ0v) is 15.6. The van der Waals surface area contributed by atoms with Crippen LogP contribution in [0.4, 0.5) is 5.69 Å². The second-order valence-corrected chi connectivity index (χ2v) is 6.70. The van der Waals surface area contributed by atoms with E-state index in [0.29, 0.717) is 36.0 Å². The number of carboxylic acids is 1. The van der Waals surface area contributed by atoms with Crippen LogP contribution in [-0.2, 0) is 15.3 Å². The summed E-state index contributed by atoms with van der Waals surface area (Å²) in [4.78, 5) is 22.4. The molecule has 8 heteroatoms. The van der Waals surface area contributed by atoms with E-state index in [0.717, 1.165) is 17.0 Å². The summed E-state index contributed by atoms with van der Waals surface area (Å²) in [6, 6.07) is 6.99. The maximum absolute atomic E-state index is 12.0. The van der Waals surface area contributed by atoms with Crippen LogP contribution in [0.1, 0.15) is 29.9 Å². The van der Waals surface area contributed by atoms with Gasteiger partial charge in [-0.25, -0.2) is 0 Å². The van der Waals surface area contributed by atoms with Gasteiger partial charge in [0.05, 0.1) is 18.1 Å². The number of rotatable bonds is 10. The Morgan fingerprint density at radius 3 is 2.62 bits per heavy atom. The fourth-order valence-corrected chi connectivity index (χ4v) is 3.17. The number of hydrogen-bond donors (Lipinski definition) is 2. The van der Waals surface area contributed by atoms with Gasteiger partial charge >= 0.3 is 5.97 Å². The average molecular weight is 378 g/mol. The number of benzene rings is 1. The van der Waals surface area contributed by atoms with Crippen LogP contribution < -0.4 is 10.1 Å². The molecule has 0 saturated heterocycles. The second-order valence-electron chi connectivity index (χ2n) is 5.71. The number of carbonyl (C=O) groups is 2. The molecule has 0 fully saturated rings. The Morgan fingerprint density at radius 1 is 1.27 bits per heavy atom. The van der Waals surface area contributed by atoms with E-state index in [1.165, 1.54) is 11.8 Å². The summed E-state index contributed by atoms with van der Waals surface area (Å²) in [7, 11) is 0. The van der Waals surface area contributed by atoms with E-state index in [1.54, 1.807) is 24.3 Å². The van der Waals surface area contributed by atoms with Crippen LogP contribution in [0, 0.1) is 13.8 Å². The maximum Gasteiger partial charge on any atom is 0.303 e. The van der Waals surface area contributed by atoms with Gasteiger partial charge in [0.1, 0.15) is 11.5 Å². The van der Waals surface area contributed by atoms with Crippen LogP contribution in [0.15, 0.2) is 28.8 Å². The molecular formula is C18H22N2O5S. The van der Waals surface area contributed by atoms with E-state index >= 15 is 0 Å². The van der Waals surface area contributed by atoms with E-state index in [1.807, 2.05) is 13.8 Å². The van der Waals surface area contributed by atoms with Crippen LogP contribution >= 0.6 is 11.8 Å². The van der Waals surface area contributed by atoms with Gasteiger partial charge in [-0.3, -0.25) is 9.59 Å². The van der Waals surface area contributed by atoms with E-state index in [4.69, 9.17) is 14.4 Å². The molecule has 2 rings (SSSR count). The lowest BCUT2D eigenvalue weighted by Crippen LogP contribution is -2.14. The number of aromatic nitrogens is 1. The number of ether oxygens (including phenoxy) is 1. The second kappa shape index (κ2) is 9.86. The average Bonchev–Trinajstić information content (AvgIpc) is 2.92. The van der Waals surface area contributed by atoms with Gasteiger partial charge in [-0.15, -0.1) is 11.8 Å². The summed E-state index contributed by atoms with van der Waals surface area (Å²) < 4.78 is 10.6. The van der Waals surface area contributed by atoms with Crippen LogP contribution in [0.5, 0.6) is 5.75 Å². The molecule has 0 aliphatic heterocycles. The smallest absolute Gasteiger partial charge is 0.303 e. The molecule has 0 unspecified atom stereocenters. The SMILES string of the molecule is Cc1noc(C)c1CSCC(=O)Nc1ccc(OCCCC(=O)O)cc1. The van der Waals surface area contributed by atoms with Crippen molar-refractivity contribution in [3.63, 3.8) is 0 Å². The number of hydrogen-bond acceptors (Lipinski definition) is 6. The number of thioether (sulfide) groups is 1. The largest absolute Gasteiger partial charge is 0.494 e. The third-order valence-electron chi connectivity index (χ3n) is 3.60. The molecule has 0 atom stereocenters. The monoisotopic (exact) mass is 378 g/mol. The zero-order valence-electron chi connectivity index (χ0n) is 14.8. The molecule has 2 N–H and O–H groups in total. The first kappa shape index (κ1) is 19.8. The number of carboxylic acid groups (broad SMARTS) is 1. The van der Waals surface area contributed by atoms with Gasteiger partial charge in [-0.05, 0) is 44.5 Å². The number of nitrogens with zero attached hydrogens (tertiary/aromatic N) is 1. The summed E-state index contributed by atoms with van der Waals surface area (Å²) >= 11 is 1.50. The van der Waals surface area contributed by atoms with Crippen LogP contribution in [0.2, 0.25) is 0 Å². The van der Waals surface area contributed by atoms with Crippen LogP contribution in [0.3, 0.4) is 0 Å². The molecule has 7 nitrogen and oxygen atoms in total. The van der Waals surface area contributed by atoms with Crippen LogP contribution in [0.25, 0.3) is 0 Å². The number of aryl methyl sites for hydroxylation is 2. The van der Waals surface area contributed by atoms with E-state index in [9.17, 15) is 9.59 Å². The highest BCUT2D eigenvalue weighted by Crippen LogP contribution is 2.20. The Labute approximate surface area is 156 Å². The Kier molecular flexibility index (Phi) is 7.53. The Bertz CT molecular complexity index is 723.